The molecule has 0 saturated heterocycles. The molecule has 0 aliphatic rings. The molecule has 2 N–H and O–H groups in total. The topological polar surface area (TPSA) is 132 Å². The van der Waals surface area contributed by atoms with E-state index in [1.54, 1.807) is 42.6 Å². The van der Waals surface area contributed by atoms with E-state index < -0.39 is 16.5 Å². The summed E-state index contributed by atoms with van der Waals surface area (Å²) in [6, 6.07) is 15.2. The van der Waals surface area contributed by atoms with E-state index in [1.807, 2.05) is 12.1 Å². The average Bonchev–Trinajstić information content (AvgIpc) is 2.78. The number of amides is 1. The van der Waals surface area contributed by atoms with Gasteiger partial charge in [0.2, 0.25) is 5.82 Å². The molecule has 0 bridgehead atoms. The summed E-state index contributed by atoms with van der Waals surface area (Å²) in [6.07, 6.45) is 2.66. The molecule has 0 fully saturated rings. The summed E-state index contributed by atoms with van der Waals surface area (Å²) < 4.78 is 5.71. The number of nitrogens with zero attached hydrogens (tertiary/aromatic N) is 4. The van der Waals surface area contributed by atoms with Crippen LogP contribution in [0.25, 0.3) is 10.9 Å². The van der Waals surface area contributed by atoms with Crippen molar-refractivity contribution in [3.63, 3.8) is 0 Å². The molecule has 4 rings (SSSR count). The number of hydrogen-bond donors (Lipinski definition) is 2. The quantitative estimate of drug-likeness (QED) is 0.340. The number of nitrogens with one attached hydrogen (secondary N) is 2. The van der Waals surface area contributed by atoms with Crippen LogP contribution in [0.2, 0.25) is 5.02 Å². The Bertz CT molecular complexity index is 1290. The van der Waals surface area contributed by atoms with Crippen LogP contribution < -0.4 is 15.6 Å². The number of nitro groups is 1. The number of anilines is 1. The van der Waals surface area contributed by atoms with Gasteiger partial charge in [0.05, 0.1) is 15.5 Å². The first-order chi connectivity index (χ1) is 15.0. The second-order valence-corrected chi connectivity index (χ2v) is 6.53. The van der Waals surface area contributed by atoms with E-state index in [4.69, 9.17) is 16.3 Å². The molecule has 0 unspecified atom stereocenters. The van der Waals surface area contributed by atoms with Crippen molar-refractivity contribution >= 4 is 39.9 Å². The van der Waals surface area contributed by atoms with Gasteiger partial charge in [0.15, 0.2) is 5.75 Å². The molecule has 1 amide bonds. The Morgan fingerprint density at radius 2 is 1.84 bits per heavy atom. The van der Waals surface area contributed by atoms with E-state index >= 15 is 0 Å². The Morgan fingerprint density at radius 3 is 2.65 bits per heavy atom. The van der Waals surface area contributed by atoms with Gasteiger partial charge in [0.1, 0.15) is 11.8 Å². The Hall–Kier alpha value is -4.31. The molecule has 0 spiro atoms. The highest BCUT2D eigenvalue weighted by Gasteiger charge is 2.26. The third-order valence-corrected chi connectivity index (χ3v) is 4.52. The number of halogens is 1. The zero-order valence-electron chi connectivity index (χ0n) is 15.7. The van der Waals surface area contributed by atoms with Crippen LogP contribution in [0.15, 0.2) is 67.1 Å². The number of pyridine rings is 1. The van der Waals surface area contributed by atoms with Gasteiger partial charge in [0, 0.05) is 11.6 Å². The van der Waals surface area contributed by atoms with E-state index in [0.717, 1.165) is 11.7 Å². The van der Waals surface area contributed by atoms with Gasteiger partial charge in [-0.3, -0.25) is 30.7 Å². The van der Waals surface area contributed by atoms with Gasteiger partial charge >= 0.3 is 11.6 Å². The molecule has 154 valence electrons. The number of para-hydroxylation sites is 1. The molecular weight excluding hydrogens is 424 g/mol. The van der Waals surface area contributed by atoms with Crippen LogP contribution in [0.3, 0.4) is 0 Å². The Balaban J connectivity index is 1.63. The number of benzene rings is 2. The van der Waals surface area contributed by atoms with E-state index in [2.05, 4.69) is 25.8 Å². The van der Waals surface area contributed by atoms with E-state index in [9.17, 15) is 14.9 Å². The van der Waals surface area contributed by atoms with Crippen LogP contribution in [-0.2, 0) is 0 Å². The minimum atomic E-state index is -0.710. The van der Waals surface area contributed by atoms with Crippen molar-refractivity contribution in [2.45, 2.75) is 0 Å². The lowest BCUT2D eigenvalue weighted by molar-refractivity contribution is -0.385. The van der Waals surface area contributed by atoms with Crippen molar-refractivity contribution in [3.05, 3.63) is 87.8 Å². The van der Waals surface area contributed by atoms with E-state index in [0.29, 0.717) is 5.52 Å². The lowest BCUT2D eigenvalue weighted by Gasteiger charge is -2.11. The highest BCUT2D eigenvalue weighted by Crippen LogP contribution is 2.35. The number of hydrazine groups is 1. The fraction of sp³-hybridized carbons (Fsp3) is 0. The molecule has 10 nitrogen and oxygen atoms in total. The minimum Gasteiger partial charge on any atom is -0.431 e. The molecule has 2 aromatic heterocycles. The number of fused-ring (bicyclic) bond motifs is 1. The van der Waals surface area contributed by atoms with Gasteiger partial charge in [-0.2, -0.15) is 4.98 Å². The third-order valence-electron chi connectivity index (χ3n) is 4.19. The summed E-state index contributed by atoms with van der Waals surface area (Å²) in [5, 5.41) is 12.7. The summed E-state index contributed by atoms with van der Waals surface area (Å²) in [4.78, 5) is 35.3. The molecule has 2 aromatic carbocycles. The van der Waals surface area contributed by atoms with Crippen LogP contribution in [0, 0.1) is 10.1 Å². The van der Waals surface area contributed by atoms with Crippen molar-refractivity contribution in [2.24, 2.45) is 0 Å². The highest BCUT2D eigenvalue weighted by atomic mass is 35.5. The summed E-state index contributed by atoms with van der Waals surface area (Å²) in [7, 11) is 0. The minimum absolute atomic E-state index is 0.187. The summed E-state index contributed by atoms with van der Waals surface area (Å²) in [6.45, 7) is 0. The number of aromatic nitrogens is 3. The number of carbonyl (C=O) groups is 1. The van der Waals surface area contributed by atoms with Gasteiger partial charge in [0.25, 0.3) is 5.91 Å². The zero-order valence-corrected chi connectivity index (χ0v) is 16.4. The lowest BCUT2D eigenvalue weighted by atomic mass is 10.2. The smallest absolute Gasteiger partial charge is 0.374 e. The van der Waals surface area contributed by atoms with Crippen molar-refractivity contribution in [1.82, 2.24) is 20.4 Å². The van der Waals surface area contributed by atoms with Crippen molar-refractivity contribution in [3.8, 4) is 11.6 Å². The van der Waals surface area contributed by atoms with Crippen molar-refractivity contribution in [1.29, 1.82) is 0 Å². The normalized spacial score (nSPS) is 10.5. The number of ether oxygens (including phenoxy) is 1. The molecule has 11 heteroatoms. The van der Waals surface area contributed by atoms with Crippen molar-refractivity contribution < 1.29 is 14.5 Å². The van der Waals surface area contributed by atoms with Crippen LogP contribution in [-0.4, -0.2) is 25.8 Å². The third kappa shape index (κ3) is 4.19. The monoisotopic (exact) mass is 436 g/mol. The lowest BCUT2D eigenvalue weighted by Crippen LogP contribution is -2.30. The summed E-state index contributed by atoms with van der Waals surface area (Å²) in [5.74, 6) is -0.888. The SMILES string of the molecule is O=C(NNc1ncnc(Oc2cccc3cccnc23)c1[N+](=O)[O-])c1ccccc1Cl. The fourth-order valence-electron chi connectivity index (χ4n) is 2.78. The first kappa shape index (κ1) is 20.0. The van der Waals surface area contributed by atoms with E-state index in [-0.39, 0.29) is 28.0 Å². The van der Waals surface area contributed by atoms with Gasteiger partial charge < -0.3 is 4.74 Å². The first-order valence-corrected chi connectivity index (χ1v) is 9.24. The molecule has 31 heavy (non-hydrogen) atoms. The largest absolute Gasteiger partial charge is 0.431 e. The molecule has 4 aromatic rings. The highest BCUT2D eigenvalue weighted by molar-refractivity contribution is 6.33. The predicted molar refractivity (Wildman–Crippen MR) is 113 cm³/mol. The Kier molecular flexibility index (Phi) is 5.54. The molecule has 0 aliphatic heterocycles. The molecular formula is C20H13ClN6O4. The second kappa shape index (κ2) is 8.59. The first-order valence-electron chi connectivity index (χ1n) is 8.86. The van der Waals surface area contributed by atoms with Crippen LogP contribution in [0.4, 0.5) is 11.5 Å². The van der Waals surface area contributed by atoms with Crippen LogP contribution in [0.1, 0.15) is 10.4 Å². The molecule has 0 radical (unpaired) electrons. The van der Waals surface area contributed by atoms with Gasteiger partial charge in [-0.1, -0.05) is 41.9 Å². The summed E-state index contributed by atoms with van der Waals surface area (Å²) in [5.41, 5.74) is 4.91. The maximum absolute atomic E-state index is 12.3. The standard InChI is InChI=1S/C20H13ClN6O4/c21-14-8-2-1-7-13(14)19(28)26-25-18-17(27(29)30)20(24-11-23-18)31-15-9-3-5-12-6-4-10-22-16(12)15/h1-11H,(H,26,28)(H,23,24,25). The van der Waals surface area contributed by atoms with Gasteiger partial charge in [-0.25, -0.2) is 4.98 Å². The van der Waals surface area contributed by atoms with E-state index in [1.165, 1.54) is 6.07 Å². The maximum atomic E-state index is 12.3. The zero-order chi connectivity index (χ0) is 21.8. The Morgan fingerprint density at radius 1 is 1.03 bits per heavy atom. The average molecular weight is 437 g/mol. The van der Waals surface area contributed by atoms with Crippen LogP contribution in [0.5, 0.6) is 11.6 Å². The van der Waals surface area contributed by atoms with Gasteiger partial charge in [-0.15, -0.1) is 0 Å². The summed E-state index contributed by atoms with van der Waals surface area (Å²) >= 11 is 6.00. The Labute approximate surface area is 180 Å². The second-order valence-electron chi connectivity index (χ2n) is 6.13. The molecule has 0 aliphatic carbocycles. The van der Waals surface area contributed by atoms with Crippen LogP contribution >= 0.6 is 11.6 Å². The molecule has 2 heterocycles. The molecule has 0 saturated carbocycles. The predicted octanol–water partition coefficient (Wildman–Crippen LogP) is 4.14. The number of rotatable bonds is 6. The number of carbonyl (C=O) groups excluding carboxylic acids is 1. The molecule has 0 atom stereocenters. The maximum Gasteiger partial charge on any atom is 0.374 e. The number of hydrogen-bond acceptors (Lipinski definition) is 8. The van der Waals surface area contributed by atoms with Crippen molar-refractivity contribution in [2.75, 3.05) is 5.43 Å². The fourth-order valence-corrected chi connectivity index (χ4v) is 3.01. The van der Waals surface area contributed by atoms with Gasteiger partial charge in [-0.05, 0) is 24.3 Å².